The number of benzene rings is 6. The van der Waals surface area contributed by atoms with Gasteiger partial charge in [-0.05, 0) is 82.9 Å². The number of sulfone groups is 1. The molecule has 1 aliphatic rings. The first-order chi connectivity index (χ1) is 21.9. The molecule has 0 N–H and O–H groups in total. The lowest BCUT2D eigenvalue weighted by Gasteiger charge is -2.33. The van der Waals surface area contributed by atoms with Crippen LogP contribution in [0.15, 0.2) is 148 Å². The summed E-state index contributed by atoms with van der Waals surface area (Å²) < 4.78 is 24.5. The van der Waals surface area contributed by atoms with Crippen LogP contribution in [0.5, 0.6) is 0 Å². The summed E-state index contributed by atoms with van der Waals surface area (Å²) in [5, 5.41) is 3.43. The molecular weight excluding hydrogens is 593 g/mol. The molecule has 8 rings (SSSR count). The van der Waals surface area contributed by atoms with Crippen molar-refractivity contribution < 1.29 is 8.42 Å². The van der Waals surface area contributed by atoms with Crippen LogP contribution in [-0.4, -0.2) is 19.7 Å². The van der Waals surface area contributed by atoms with Gasteiger partial charge in [-0.25, -0.2) is 13.4 Å². The molecule has 6 aromatic carbocycles. The van der Waals surface area contributed by atoms with E-state index in [1.807, 2.05) is 12.1 Å². The van der Waals surface area contributed by atoms with Gasteiger partial charge < -0.3 is 4.90 Å². The zero-order valence-corrected chi connectivity index (χ0v) is 26.4. The van der Waals surface area contributed by atoms with Crippen molar-refractivity contribution in [2.75, 3.05) is 11.2 Å². The first-order valence-corrected chi connectivity index (χ1v) is 17.5. The molecule has 6 heteroatoms. The van der Waals surface area contributed by atoms with Crippen LogP contribution in [0, 0.1) is 6.92 Å². The molecule has 0 saturated carbocycles. The van der Waals surface area contributed by atoms with Gasteiger partial charge in [0.2, 0.25) is 0 Å². The third-order valence-electron chi connectivity index (χ3n) is 8.48. The fraction of sp³-hybridized carbons (Fsp3) is 0.0513. The maximum Gasteiger partial charge on any atom is 0.175 e. The molecule has 4 nitrogen and oxygen atoms in total. The van der Waals surface area contributed by atoms with Gasteiger partial charge in [-0.15, -0.1) is 0 Å². The standard InChI is InChI=1S/C39H28N2O2S2/c1-25-18-23-35(41-33-14-5-7-16-36(33)44-37-17-8-6-15-34(37)41)39-38(25)31(30-13-9-11-26-10-3-4-12-29(26)30)24-32(40-39)27-19-21-28(22-20-27)45(2,42)43/h3-24H,1-2H3. The first kappa shape index (κ1) is 27.6. The Morgan fingerprint density at radius 1 is 0.644 bits per heavy atom. The molecule has 218 valence electrons. The van der Waals surface area contributed by atoms with Crippen molar-refractivity contribution in [1.29, 1.82) is 0 Å². The highest BCUT2D eigenvalue weighted by Gasteiger charge is 2.27. The van der Waals surface area contributed by atoms with Crippen molar-refractivity contribution in [1.82, 2.24) is 4.98 Å². The van der Waals surface area contributed by atoms with E-state index in [2.05, 4.69) is 121 Å². The average Bonchev–Trinajstić information content (AvgIpc) is 3.06. The lowest BCUT2D eigenvalue weighted by atomic mass is 9.91. The minimum Gasteiger partial charge on any atom is -0.306 e. The number of pyridine rings is 1. The Kier molecular flexibility index (Phi) is 6.52. The van der Waals surface area contributed by atoms with Crippen molar-refractivity contribution in [2.45, 2.75) is 21.6 Å². The Morgan fingerprint density at radius 3 is 2.00 bits per heavy atom. The van der Waals surface area contributed by atoms with Crippen molar-refractivity contribution in [2.24, 2.45) is 0 Å². The smallest absolute Gasteiger partial charge is 0.175 e. The van der Waals surface area contributed by atoms with Gasteiger partial charge in [0.05, 0.1) is 33.2 Å². The van der Waals surface area contributed by atoms with Gasteiger partial charge in [0.1, 0.15) is 0 Å². The Hall–Kier alpha value is -4.91. The molecule has 0 fully saturated rings. The normalized spacial score (nSPS) is 12.7. The van der Waals surface area contributed by atoms with Crippen LogP contribution in [0.2, 0.25) is 0 Å². The van der Waals surface area contributed by atoms with Crippen LogP contribution in [-0.2, 0) is 9.84 Å². The number of rotatable bonds is 4. The van der Waals surface area contributed by atoms with Crippen LogP contribution in [0.25, 0.3) is 44.1 Å². The van der Waals surface area contributed by atoms with E-state index in [0.29, 0.717) is 0 Å². The second-order valence-corrected chi connectivity index (χ2v) is 14.5. The molecular formula is C39H28N2O2S2. The van der Waals surface area contributed by atoms with Crippen LogP contribution >= 0.6 is 11.8 Å². The third-order valence-corrected chi connectivity index (χ3v) is 10.7. The Morgan fingerprint density at radius 2 is 1.29 bits per heavy atom. The highest BCUT2D eigenvalue weighted by atomic mass is 32.2. The minimum absolute atomic E-state index is 0.289. The number of anilines is 3. The number of fused-ring (bicyclic) bond motifs is 4. The second-order valence-electron chi connectivity index (χ2n) is 11.4. The van der Waals surface area contributed by atoms with Crippen LogP contribution in [0.1, 0.15) is 5.56 Å². The quantitative estimate of drug-likeness (QED) is 0.196. The van der Waals surface area contributed by atoms with E-state index >= 15 is 0 Å². The second kappa shape index (κ2) is 10.6. The fourth-order valence-corrected chi connectivity index (χ4v) is 8.02. The van der Waals surface area contributed by atoms with Crippen molar-refractivity contribution in [3.63, 3.8) is 0 Å². The average molecular weight is 621 g/mol. The minimum atomic E-state index is -3.32. The highest BCUT2D eigenvalue weighted by molar-refractivity contribution is 7.99. The molecule has 0 bridgehead atoms. The van der Waals surface area contributed by atoms with Gasteiger partial charge >= 0.3 is 0 Å². The number of hydrogen-bond donors (Lipinski definition) is 0. The largest absolute Gasteiger partial charge is 0.306 e. The number of aromatic nitrogens is 1. The molecule has 45 heavy (non-hydrogen) atoms. The van der Waals surface area contributed by atoms with E-state index < -0.39 is 9.84 Å². The maximum absolute atomic E-state index is 12.3. The third kappa shape index (κ3) is 4.69. The Bertz CT molecular complexity index is 2350. The van der Waals surface area contributed by atoms with Gasteiger partial charge in [-0.1, -0.05) is 96.7 Å². The number of nitrogens with zero attached hydrogens (tertiary/aromatic N) is 2. The molecule has 0 unspecified atom stereocenters. The van der Waals surface area contributed by atoms with E-state index in [9.17, 15) is 8.42 Å². The number of aryl methyl sites for hydroxylation is 1. The molecule has 7 aromatic rings. The summed E-state index contributed by atoms with van der Waals surface area (Å²) in [5.41, 5.74) is 9.10. The monoisotopic (exact) mass is 620 g/mol. The van der Waals surface area contributed by atoms with E-state index in [1.54, 1.807) is 23.9 Å². The lowest BCUT2D eigenvalue weighted by molar-refractivity contribution is 0.602. The summed E-state index contributed by atoms with van der Waals surface area (Å²) >= 11 is 1.78. The zero-order valence-electron chi connectivity index (χ0n) is 24.7. The van der Waals surface area contributed by atoms with Crippen molar-refractivity contribution >= 4 is 60.3 Å². The van der Waals surface area contributed by atoms with Gasteiger partial charge in [-0.2, -0.15) is 0 Å². The predicted octanol–water partition coefficient (Wildman–Crippen LogP) is 10.4. The summed E-state index contributed by atoms with van der Waals surface area (Å²) in [6, 6.07) is 45.5. The van der Waals surface area contributed by atoms with Crippen LogP contribution in [0.4, 0.5) is 17.1 Å². The van der Waals surface area contributed by atoms with Gasteiger partial charge in [0, 0.05) is 27.0 Å². The Balaban J connectivity index is 1.47. The van der Waals surface area contributed by atoms with E-state index in [4.69, 9.17) is 4.98 Å². The highest BCUT2D eigenvalue weighted by Crippen LogP contribution is 2.53. The topological polar surface area (TPSA) is 50.3 Å². The van der Waals surface area contributed by atoms with Gasteiger partial charge in [0.25, 0.3) is 0 Å². The maximum atomic E-state index is 12.3. The molecule has 1 aliphatic heterocycles. The fourth-order valence-electron chi connectivity index (χ4n) is 6.33. The molecule has 0 amide bonds. The van der Waals surface area contributed by atoms with Crippen molar-refractivity contribution in [3.05, 3.63) is 139 Å². The molecule has 0 atom stereocenters. The molecule has 0 aliphatic carbocycles. The van der Waals surface area contributed by atoms with E-state index in [-0.39, 0.29) is 4.90 Å². The van der Waals surface area contributed by atoms with Gasteiger partial charge in [-0.3, -0.25) is 0 Å². The summed E-state index contributed by atoms with van der Waals surface area (Å²) in [7, 11) is -3.32. The SMILES string of the molecule is Cc1ccc(N2c3ccccc3Sc3ccccc32)c2nc(-c3ccc(S(C)(=O)=O)cc3)cc(-c3cccc4ccccc34)c12. The number of para-hydroxylation sites is 2. The van der Waals surface area contributed by atoms with E-state index in [0.717, 1.165) is 55.9 Å². The summed E-state index contributed by atoms with van der Waals surface area (Å²) in [4.78, 5) is 10.4. The summed E-state index contributed by atoms with van der Waals surface area (Å²) in [6.07, 6.45) is 1.23. The molecule has 0 radical (unpaired) electrons. The first-order valence-electron chi connectivity index (χ1n) is 14.8. The number of hydrogen-bond acceptors (Lipinski definition) is 5. The van der Waals surface area contributed by atoms with Gasteiger partial charge in [0.15, 0.2) is 9.84 Å². The molecule has 2 heterocycles. The van der Waals surface area contributed by atoms with Crippen LogP contribution < -0.4 is 4.90 Å². The Labute approximate surface area is 266 Å². The van der Waals surface area contributed by atoms with Crippen molar-refractivity contribution in [3.8, 4) is 22.4 Å². The predicted molar refractivity (Wildman–Crippen MR) is 187 cm³/mol. The molecule has 0 saturated heterocycles. The lowest BCUT2D eigenvalue weighted by Crippen LogP contribution is -2.15. The summed E-state index contributed by atoms with van der Waals surface area (Å²) in [6.45, 7) is 2.15. The van der Waals surface area contributed by atoms with Crippen LogP contribution in [0.3, 0.4) is 0 Å². The zero-order chi connectivity index (χ0) is 30.7. The molecule has 1 aromatic heterocycles. The molecule has 0 spiro atoms. The van der Waals surface area contributed by atoms with E-state index in [1.165, 1.54) is 26.8 Å². The summed E-state index contributed by atoms with van der Waals surface area (Å²) in [5.74, 6) is 0.